The van der Waals surface area contributed by atoms with Gasteiger partial charge in [-0.3, -0.25) is 4.79 Å². The molecular formula is C14H15FN2O3. The molecule has 0 aromatic heterocycles. The van der Waals surface area contributed by atoms with Crippen LogP contribution in [0.4, 0.5) is 10.1 Å². The molecule has 106 valence electrons. The largest absolute Gasteiger partial charge is 0.481 e. The highest BCUT2D eigenvalue weighted by atomic mass is 19.1. The van der Waals surface area contributed by atoms with E-state index in [-0.39, 0.29) is 17.8 Å². The lowest BCUT2D eigenvalue weighted by molar-refractivity contribution is -0.153. The number of ether oxygens (including phenoxy) is 1. The number of hydrogen-bond donors (Lipinski definition) is 2. The number of nitriles is 1. The van der Waals surface area contributed by atoms with Crippen LogP contribution in [0.5, 0.6) is 0 Å². The van der Waals surface area contributed by atoms with Gasteiger partial charge in [0.05, 0.1) is 22.7 Å². The molecule has 0 atom stereocenters. The average molecular weight is 278 g/mol. The Morgan fingerprint density at radius 3 is 2.75 bits per heavy atom. The molecule has 1 saturated heterocycles. The third-order valence-electron chi connectivity index (χ3n) is 3.62. The fourth-order valence-corrected chi connectivity index (χ4v) is 2.22. The van der Waals surface area contributed by atoms with Crippen LogP contribution in [0.15, 0.2) is 18.2 Å². The predicted octanol–water partition coefficient (Wildman–Crippen LogP) is 1.99. The first-order valence-electron chi connectivity index (χ1n) is 6.32. The lowest BCUT2D eigenvalue weighted by atomic mass is 9.80. The molecule has 0 unspecified atom stereocenters. The average Bonchev–Trinajstić information content (AvgIpc) is 2.46. The number of rotatable bonds is 4. The van der Waals surface area contributed by atoms with Gasteiger partial charge in [0.2, 0.25) is 0 Å². The maximum Gasteiger partial charge on any atom is 0.311 e. The van der Waals surface area contributed by atoms with Crippen LogP contribution in [0.2, 0.25) is 0 Å². The van der Waals surface area contributed by atoms with Gasteiger partial charge in [0, 0.05) is 19.8 Å². The highest BCUT2D eigenvalue weighted by molar-refractivity contribution is 5.75. The summed E-state index contributed by atoms with van der Waals surface area (Å²) in [7, 11) is 0. The molecule has 20 heavy (non-hydrogen) atoms. The van der Waals surface area contributed by atoms with Crippen molar-refractivity contribution >= 4 is 11.7 Å². The number of halogens is 1. The van der Waals surface area contributed by atoms with Crippen LogP contribution in [0.25, 0.3) is 0 Å². The van der Waals surface area contributed by atoms with E-state index in [1.165, 1.54) is 12.1 Å². The molecule has 6 heteroatoms. The van der Waals surface area contributed by atoms with Crippen molar-refractivity contribution in [1.29, 1.82) is 5.26 Å². The van der Waals surface area contributed by atoms with E-state index < -0.39 is 17.2 Å². The first-order chi connectivity index (χ1) is 9.57. The topological polar surface area (TPSA) is 82.4 Å². The van der Waals surface area contributed by atoms with Gasteiger partial charge in [0.25, 0.3) is 0 Å². The standard InChI is InChI=1S/C14H15FN2O3/c15-11-7-10(8-16)1-2-12(11)17-9-14(13(18)19)3-5-20-6-4-14/h1-2,7,17H,3-6,9H2,(H,18,19). The van der Waals surface area contributed by atoms with E-state index >= 15 is 0 Å². The van der Waals surface area contributed by atoms with Crippen molar-refractivity contribution in [2.24, 2.45) is 5.41 Å². The molecule has 1 fully saturated rings. The summed E-state index contributed by atoms with van der Waals surface area (Å²) in [5.74, 6) is -1.46. The quantitative estimate of drug-likeness (QED) is 0.880. The number of nitrogens with one attached hydrogen (secondary N) is 1. The monoisotopic (exact) mass is 278 g/mol. The molecule has 2 N–H and O–H groups in total. The van der Waals surface area contributed by atoms with Gasteiger partial charge < -0.3 is 15.2 Å². The minimum absolute atomic E-state index is 0.133. The van der Waals surface area contributed by atoms with Crippen LogP contribution < -0.4 is 5.32 Å². The minimum Gasteiger partial charge on any atom is -0.481 e. The van der Waals surface area contributed by atoms with Crippen LogP contribution in [0.1, 0.15) is 18.4 Å². The number of aliphatic carboxylic acids is 1. The summed E-state index contributed by atoms with van der Waals surface area (Å²) in [5, 5.41) is 20.9. The minimum atomic E-state index is -0.932. The van der Waals surface area contributed by atoms with Gasteiger partial charge in [-0.15, -0.1) is 0 Å². The van der Waals surface area contributed by atoms with Crippen LogP contribution in [-0.2, 0) is 9.53 Å². The maximum absolute atomic E-state index is 13.7. The zero-order valence-corrected chi connectivity index (χ0v) is 10.9. The molecule has 1 aliphatic heterocycles. The number of anilines is 1. The Kier molecular flexibility index (Phi) is 4.20. The van der Waals surface area contributed by atoms with E-state index in [0.717, 1.165) is 6.07 Å². The third-order valence-corrected chi connectivity index (χ3v) is 3.62. The first-order valence-corrected chi connectivity index (χ1v) is 6.32. The highest BCUT2D eigenvalue weighted by Gasteiger charge is 2.40. The molecular weight excluding hydrogens is 263 g/mol. The second kappa shape index (κ2) is 5.88. The van der Waals surface area contributed by atoms with Gasteiger partial charge in [-0.2, -0.15) is 5.26 Å². The number of hydrogen-bond acceptors (Lipinski definition) is 4. The molecule has 0 aliphatic carbocycles. The SMILES string of the molecule is N#Cc1ccc(NCC2(C(=O)O)CCOCC2)c(F)c1. The predicted molar refractivity (Wildman–Crippen MR) is 69.7 cm³/mol. The second-order valence-electron chi connectivity index (χ2n) is 4.86. The molecule has 0 amide bonds. The number of nitrogens with zero attached hydrogens (tertiary/aromatic N) is 1. The Bertz CT molecular complexity index is 548. The molecule has 1 heterocycles. The molecule has 0 radical (unpaired) electrons. The number of carbonyl (C=O) groups is 1. The van der Waals surface area contributed by atoms with Gasteiger partial charge in [-0.05, 0) is 31.0 Å². The molecule has 1 aromatic carbocycles. The highest BCUT2D eigenvalue weighted by Crippen LogP contribution is 2.31. The van der Waals surface area contributed by atoms with Gasteiger partial charge in [-0.25, -0.2) is 4.39 Å². The fraction of sp³-hybridized carbons (Fsp3) is 0.429. The third kappa shape index (κ3) is 2.89. The van der Waals surface area contributed by atoms with Crippen molar-refractivity contribution in [3.63, 3.8) is 0 Å². The van der Waals surface area contributed by atoms with Crippen molar-refractivity contribution in [3.05, 3.63) is 29.6 Å². The van der Waals surface area contributed by atoms with Crippen molar-refractivity contribution in [1.82, 2.24) is 0 Å². The summed E-state index contributed by atoms with van der Waals surface area (Å²) in [6.45, 7) is 0.919. The smallest absolute Gasteiger partial charge is 0.311 e. The molecule has 1 aliphatic rings. The van der Waals surface area contributed by atoms with E-state index in [0.29, 0.717) is 26.1 Å². The number of carboxylic acids is 1. The molecule has 0 spiro atoms. The van der Waals surface area contributed by atoms with E-state index in [2.05, 4.69) is 5.32 Å². The Labute approximate surface area is 116 Å². The summed E-state index contributed by atoms with van der Waals surface area (Å²) >= 11 is 0. The number of benzene rings is 1. The summed E-state index contributed by atoms with van der Waals surface area (Å²) in [6.07, 6.45) is 0.792. The zero-order valence-electron chi connectivity index (χ0n) is 10.9. The summed E-state index contributed by atoms with van der Waals surface area (Å²) in [4.78, 5) is 11.5. The van der Waals surface area contributed by atoms with Crippen LogP contribution >= 0.6 is 0 Å². The van der Waals surface area contributed by atoms with Gasteiger partial charge in [-0.1, -0.05) is 0 Å². The van der Waals surface area contributed by atoms with E-state index in [1.54, 1.807) is 0 Å². The van der Waals surface area contributed by atoms with E-state index in [4.69, 9.17) is 10.00 Å². The molecule has 0 saturated carbocycles. The Hall–Kier alpha value is -2.13. The van der Waals surface area contributed by atoms with Gasteiger partial charge in [0.15, 0.2) is 0 Å². The Morgan fingerprint density at radius 1 is 1.50 bits per heavy atom. The van der Waals surface area contributed by atoms with E-state index in [9.17, 15) is 14.3 Å². The molecule has 1 aromatic rings. The second-order valence-corrected chi connectivity index (χ2v) is 4.86. The number of carboxylic acid groups (broad SMARTS) is 1. The van der Waals surface area contributed by atoms with Gasteiger partial charge in [0.1, 0.15) is 5.82 Å². The Morgan fingerprint density at radius 2 is 2.20 bits per heavy atom. The van der Waals surface area contributed by atoms with Crippen LogP contribution in [0.3, 0.4) is 0 Å². The summed E-state index contributed by atoms with van der Waals surface area (Å²) in [5.41, 5.74) is -0.498. The lowest BCUT2D eigenvalue weighted by Crippen LogP contribution is -2.42. The van der Waals surface area contributed by atoms with E-state index in [1.807, 2.05) is 6.07 Å². The zero-order chi connectivity index (χ0) is 14.6. The molecule has 2 rings (SSSR count). The molecule has 5 nitrogen and oxygen atoms in total. The Balaban J connectivity index is 2.10. The lowest BCUT2D eigenvalue weighted by Gasteiger charge is -2.33. The maximum atomic E-state index is 13.7. The normalized spacial score (nSPS) is 17.2. The van der Waals surface area contributed by atoms with Crippen LogP contribution in [0, 0.1) is 22.6 Å². The van der Waals surface area contributed by atoms with Crippen molar-refractivity contribution < 1.29 is 19.0 Å². The first kappa shape index (κ1) is 14.3. The summed E-state index contributed by atoms with van der Waals surface area (Å²) in [6, 6.07) is 5.91. The van der Waals surface area contributed by atoms with Crippen LogP contribution in [-0.4, -0.2) is 30.8 Å². The molecule has 0 bridgehead atoms. The summed E-state index contributed by atoms with van der Waals surface area (Å²) < 4.78 is 18.9. The van der Waals surface area contributed by atoms with Crippen molar-refractivity contribution in [3.8, 4) is 6.07 Å². The van der Waals surface area contributed by atoms with Crippen molar-refractivity contribution in [2.75, 3.05) is 25.1 Å². The van der Waals surface area contributed by atoms with Gasteiger partial charge >= 0.3 is 5.97 Å². The van der Waals surface area contributed by atoms with Crippen molar-refractivity contribution in [2.45, 2.75) is 12.8 Å². The fourth-order valence-electron chi connectivity index (χ4n) is 2.22.